The van der Waals surface area contributed by atoms with Gasteiger partial charge < -0.3 is 9.47 Å². The first-order chi connectivity index (χ1) is 13.8. The van der Waals surface area contributed by atoms with Crippen molar-refractivity contribution >= 4 is 16.6 Å². The van der Waals surface area contributed by atoms with E-state index in [0.29, 0.717) is 0 Å². The van der Waals surface area contributed by atoms with E-state index in [1.54, 1.807) is 0 Å². The molecule has 28 heavy (non-hydrogen) atoms. The van der Waals surface area contributed by atoms with Gasteiger partial charge in [-0.2, -0.15) is 0 Å². The Bertz CT molecular complexity index is 1110. The minimum Gasteiger partial charge on any atom is -0.365 e. The van der Waals surface area contributed by atoms with E-state index in [-0.39, 0.29) is 0 Å². The van der Waals surface area contributed by atoms with Crippen LogP contribution in [0.3, 0.4) is 0 Å². The molecule has 1 aliphatic heterocycles. The molecule has 0 fully saturated rings. The number of fused-ring (bicyclic) bond motifs is 2. The van der Waals surface area contributed by atoms with E-state index in [9.17, 15) is 0 Å². The number of aryl methyl sites for hydroxylation is 3. The first-order valence-corrected chi connectivity index (χ1v) is 9.96. The van der Waals surface area contributed by atoms with E-state index < -0.39 is 0 Å². The van der Waals surface area contributed by atoms with Crippen molar-refractivity contribution < 1.29 is 0 Å². The van der Waals surface area contributed by atoms with E-state index >= 15 is 0 Å². The van der Waals surface area contributed by atoms with Gasteiger partial charge in [0.15, 0.2) is 0 Å². The standard InChI is InChI=1S/C24H24N4/c1-18-15-24(20-9-5-6-10-21(20)26-18)27-14-12-23-22(16-27)25-17-28(23)13-11-19-7-3-2-4-8-19/h2-10,15,17H,11-14,16H2,1H3. The summed E-state index contributed by atoms with van der Waals surface area (Å²) in [6.45, 7) is 4.94. The topological polar surface area (TPSA) is 34.0 Å². The van der Waals surface area contributed by atoms with Gasteiger partial charge in [-0.25, -0.2) is 4.98 Å². The number of benzene rings is 2. The first kappa shape index (κ1) is 17.0. The molecule has 0 unspecified atom stereocenters. The second-order valence-electron chi connectivity index (χ2n) is 7.54. The zero-order valence-electron chi connectivity index (χ0n) is 16.2. The van der Waals surface area contributed by atoms with Crippen molar-refractivity contribution in [1.29, 1.82) is 0 Å². The molecule has 4 heteroatoms. The second-order valence-corrected chi connectivity index (χ2v) is 7.54. The van der Waals surface area contributed by atoms with Crippen LogP contribution in [0, 0.1) is 6.92 Å². The van der Waals surface area contributed by atoms with Crippen molar-refractivity contribution in [2.24, 2.45) is 0 Å². The quantitative estimate of drug-likeness (QED) is 0.530. The molecule has 0 aliphatic carbocycles. The number of rotatable bonds is 4. The Morgan fingerprint density at radius 3 is 2.71 bits per heavy atom. The summed E-state index contributed by atoms with van der Waals surface area (Å²) < 4.78 is 2.34. The van der Waals surface area contributed by atoms with E-state index in [4.69, 9.17) is 4.98 Å². The summed E-state index contributed by atoms with van der Waals surface area (Å²) in [5.41, 5.74) is 7.37. The van der Waals surface area contributed by atoms with E-state index in [2.05, 4.69) is 82.0 Å². The number of para-hydroxylation sites is 1. The predicted octanol–water partition coefficient (Wildman–Crippen LogP) is 4.55. The van der Waals surface area contributed by atoms with Crippen molar-refractivity contribution in [3.05, 3.63) is 89.6 Å². The lowest BCUT2D eigenvalue weighted by Gasteiger charge is -2.30. The zero-order valence-corrected chi connectivity index (χ0v) is 16.2. The fourth-order valence-electron chi connectivity index (χ4n) is 4.21. The lowest BCUT2D eigenvalue weighted by atomic mass is 10.1. The maximum Gasteiger partial charge on any atom is 0.0952 e. The second kappa shape index (κ2) is 7.12. The molecule has 0 amide bonds. The van der Waals surface area contributed by atoms with Crippen molar-refractivity contribution in [3.8, 4) is 0 Å². The third-order valence-electron chi connectivity index (χ3n) is 5.64. The van der Waals surface area contributed by atoms with Gasteiger partial charge in [0.2, 0.25) is 0 Å². The number of imidazole rings is 1. The SMILES string of the molecule is Cc1cc(N2CCc3c(ncn3CCc3ccccc3)C2)c2ccccc2n1. The largest absolute Gasteiger partial charge is 0.365 e. The number of hydrogen-bond acceptors (Lipinski definition) is 3. The van der Waals surface area contributed by atoms with Crippen molar-refractivity contribution in [1.82, 2.24) is 14.5 Å². The average molecular weight is 368 g/mol. The fraction of sp³-hybridized carbons (Fsp3) is 0.250. The average Bonchev–Trinajstić information content (AvgIpc) is 3.14. The Morgan fingerprint density at radius 1 is 1.00 bits per heavy atom. The highest BCUT2D eigenvalue weighted by Crippen LogP contribution is 2.30. The molecule has 0 spiro atoms. The molecule has 3 heterocycles. The minimum atomic E-state index is 0.862. The molecule has 4 aromatic rings. The maximum absolute atomic E-state index is 4.75. The molecule has 0 radical (unpaired) electrons. The van der Waals surface area contributed by atoms with Crippen LogP contribution in [0.4, 0.5) is 5.69 Å². The van der Waals surface area contributed by atoms with Gasteiger partial charge in [-0.05, 0) is 31.0 Å². The van der Waals surface area contributed by atoms with Crippen LogP contribution in [0.25, 0.3) is 10.9 Å². The van der Waals surface area contributed by atoms with Crippen LogP contribution in [0.2, 0.25) is 0 Å². The van der Waals surface area contributed by atoms with E-state index in [0.717, 1.165) is 43.7 Å². The summed E-state index contributed by atoms with van der Waals surface area (Å²) in [6, 6.07) is 21.3. The molecule has 0 atom stereocenters. The summed E-state index contributed by atoms with van der Waals surface area (Å²) in [5.74, 6) is 0. The van der Waals surface area contributed by atoms with Crippen molar-refractivity contribution in [2.45, 2.75) is 32.9 Å². The molecule has 5 rings (SSSR count). The maximum atomic E-state index is 4.75. The van der Waals surface area contributed by atoms with Crippen molar-refractivity contribution in [3.63, 3.8) is 0 Å². The first-order valence-electron chi connectivity index (χ1n) is 9.96. The normalized spacial score (nSPS) is 13.7. The summed E-state index contributed by atoms with van der Waals surface area (Å²) in [6.07, 6.45) is 4.09. The fourth-order valence-corrected chi connectivity index (χ4v) is 4.21. The number of hydrogen-bond donors (Lipinski definition) is 0. The zero-order chi connectivity index (χ0) is 18.9. The van der Waals surface area contributed by atoms with Crippen molar-refractivity contribution in [2.75, 3.05) is 11.4 Å². The number of aromatic nitrogens is 3. The lowest BCUT2D eigenvalue weighted by Crippen LogP contribution is -2.31. The van der Waals surface area contributed by atoms with E-state index in [1.807, 2.05) is 6.33 Å². The van der Waals surface area contributed by atoms with Crippen LogP contribution in [0.15, 0.2) is 67.0 Å². The van der Waals surface area contributed by atoms with Gasteiger partial charge in [-0.1, -0.05) is 48.5 Å². The van der Waals surface area contributed by atoms with Crippen LogP contribution in [-0.4, -0.2) is 21.1 Å². The molecule has 0 saturated carbocycles. The number of anilines is 1. The number of nitrogens with zero attached hydrogens (tertiary/aromatic N) is 4. The lowest BCUT2D eigenvalue weighted by molar-refractivity contribution is 0.625. The number of pyridine rings is 1. The summed E-state index contributed by atoms with van der Waals surface area (Å²) >= 11 is 0. The van der Waals surface area contributed by atoms with Gasteiger partial charge in [-0.3, -0.25) is 4.98 Å². The molecule has 2 aromatic carbocycles. The monoisotopic (exact) mass is 368 g/mol. The van der Waals surface area contributed by atoms with Gasteiger partial charge in [0.1, 0.15) is 0 Å². The van der Waals surface area contributed by atoms with Gasteiger partial charge in [0, 0.05) is 42.0 Å². The Balaban J connectivity index is 1.39. The molecule has 140 valence electrons. The predicted molar refractivity (Wildman–Crippen MR) is 114 cm³/mol. The third kappa shape index (κ3) is 3.15. The molecule has 1 aliphatic rings. The summed E-state index contributed by atoms with van der Waals surface area (Å²) in [7, 11) is 0. The Hall–Kier alpha value is -3.14. The summed E-state index contributed by atoms with van der Waals surface area (Å²) in [4.78, 5) is 11.9. The Kier molecular flexibility index (Phi) is 4.32. The molecular weight excluding hydrogens is 344 g/mol. The molecule has 4 nitrogen and oxygen atoms in total. The third-order valence-corrected chi connectivity index (χ3v) is 5.64. The Morgan fingerprint density at radius 2 is 1.82 bits per heavy atom. The van der Waals surface area contributed by atoms with Crippen LogP contribution in [0.1, 0.15) is 22.6 Å². The van der Waals surface area contributed by atoms with Crippen LogP contribution < -0.4 is 4.90 Å². The minimum absolute atomic E-state index is 0.862. The van der Waals surface area contributed by atoms with Crippen LogP contribution in [0.5, 0.6) is 0 Å². The summed E-state index contributed by atoms with van der Waals surface area (Å²) in [5, 5.41) is 1.22. The highest BCUT2D eigenvalue weighted by Gasteiger charge is 2.22. The highest BCUT2D eigenvalue weighted by atomic mass is 15.2. The smallest absolute Gasteiger partial charge is 0.0952 e. The van der Waals surface area contributed by atoms with Gasteiger partial charge >= 0.3 is 0 Å². The van der Waals surface area contributed by atoms with E-state index in [1.165, 1.54) is 28.0 Å². The molecule has 0 N–H and O–H groups in total. The molecule has 0 saturated heterocycles. The highest BCUT2D eigenvalue weighted by molar-refractivity contribution is 5.92. The van der Waals surface area contributed by atoms with Gasteiger partial charge in [0.25, 0.3) is 0 Å². The molecule has 0 bridgehead atoms. The Labute approximate surface area is 165 Å². The molecular formula is C24H24N4. The van der Waals surface area contributed by atoms with Gasteiger partial charge in [-0.15, -0.1) is 0 Å². The van der Waals surface area contributed by atoms with Gasteiger partial charge in [0.05, 0.1) is 24.1 Å². The van der Waals surface area contributed by atoms with Crippen LogP contribution in [-0.2, 0) is 25.9 Å². The van der Waals surface area contributed by atoms with Crippen LogP contribution >= 0.6 is 0 Å². The molecule has 2 aromatic heterocycles.